The number of hydrogen-bond acceptors (Lipinski definition) is 4. The second kappa shape index (κ2) is 4.48. The van der Waals surface area contributed by atoms with Crippen LogP contribution in [0.25, 0.3) is 0 Å². The number of carboxylic acids is 1. The Hall–Kier alpha value is -1.98. The number of aromatic hydroxyl groups is 1. The SMILES string of the molecule is O=C(O)CCc1c(O)c(F)cc2c1OCCO2. The number of phenols is 1. The Labute approximate surface area is 96.4 Å². The number of aliphatic carboxylic acids is 1. The van der Waals surface area contributed by atoms with Gasteiger partial charge in [-0.05, 0) is 6.42 Å². The molecule has 92 valence electrons. The maximum atomic E-state index is 13.4. The number of rotatable bonds is 3. The second-order valence-electron chi connectivity index (χ2n) is 3.60. The highest BCUT2D eigenvalue weighted by Crippen LogP contribution is 2.41. The summed E-state index contributed by atoms with van der Waals surface area (Å²) in [5.74, 6) is -2.01. The quantitative estimate of drug-likeness (QED) is 0.836. The standard InChI is InChI=1S/C11H11FO5/c12-7-5-8-11(17-4-3-16-8)6(10(7)15)1-2-9(13)14/h5,15H,1-4H2,(H,13,14). The Morgan fingerprint density at radius 3 is 2.82 bits per heavy atom. The number of phenolic OH excluding ortho intramolecular Hbond substituents is 1. The molecule has 5 nitrogen and oxygen atoms in total. The lowest BCUT2D eigenvalue weighted by atomic mass is 10.1. The van der Waals surface area contributed by atoms with Gasteiger partial charge in [0.05, 0.1) is 0 Å². The normalized spacial score (nSPS) is 13.5. The highest BCUT2D eigenvalue weighted by Gasteiger charge is 2.23. The van der Waals surface area contributed by atoms with Crippen molar-refractivity contribution in [2.45, 2.75) is 12.8 Å². The third kappa shape index (κ3) is 2.25. The molecule has 1 aliphatic rings. The van der Waals surface area contributed by atoms with E-state index in [1.807, 2.05) is 0 Å². The Morgan fingerprint density at radius 2 is 2.12 bits per heavy atom. The number of benzene rings is 1. The van der Waals surface area contributed by atoms with Crippen molar-refractivity contribution in [2.24, 2.45) is 0 Å². The molecule has 1 aromatic carbocycles. The van der Waals surface area contributed by atoms with E-state index in [2.05, 4.69) is 0 Å². The molecule has 0 spiro atoms. The molecule has 6 heteroatoms. The zero-order valence-electron chi connectivity index (χ0n) is 8.90. The van der Waals surface area contributed by atoms with Crippen molar-refractivity contribution in [1.29, 1.82) is 0 Å². The topological polar surface area (TPSA) is 76.0 Å². The minimum Gasteiger partial charge on any atom is -0.505 e. The summed E-state index contributed by atoms with van der Waals surface area (Å²) in [5.41, 5.74) is 0.141. The van der Waals surface area contributed by atoms with E-state index in [0.29, 0.717) is 6.61 Å². The summed E-state index contributed by atoms with van der Waals surface area (Å²) in [4.78, 5) is 10.5. The molecule has 0 aliphatic carbocycles. The van der Waals surface area contributed by atoms with E-state index < -0.39 is 17.5 Å². The van der Waals surface area contributed by atoms with Crippen LogP contribution < -0.4 is 9.47 Å². The first-order valence-corrected chi connectivity index (χ1v) is 5.11. The van der Waals surface area contributed by atoms with Crippen LogP contribution in [0.2, 0.25) is 0 Å². The van der Waals surface area contributed by atoms with Gasteiger partial charge in [-0.25, -0.2) is 4.39 Å². The lowest BCUT2D eigenvalue weighted by Crippen LogP contribution is -2.17. The first kappa shape index (κ1) is 11.5. The fourth-order valence-corrected chi connectivity index (χ4v) is 1.67. The first-order chi connectivity index (χ1) is 8.09. The summed E-state index contributed by atoms with van der Waals surface area (Å²) in [6.45, 7) is 0.591. The van der Waals surface area contributed by atoms with Gasteiger partial charge in [-0.2, -0.15) is 0 Å². The van der Waals surface area contributed by atoms with Crippen molar-refractivity contribution in [1.82, 2.24) is 0 Å². The summed E-state index contributed by atoms with van der Waals surface area (Å²) in [7, 11) is 0. The smallest absolute Gasteiger partial charge is 0.303 e. The largest absolute Gasteiger partial charge is 0.505 e. The van der Waals surface area contributed by atoms with E-state index in [1.165, 1.54) is 0 Å². The Morgan fingerprint density at radius 1 is 1.41 bits per heavy atom. The van der Waals surface area contributed by atoms with Crippen LogP contribution in [0.1, 0.15) is 12.0 Å². The maximum Gasteiger partial charge on any atom is 0.303 e. The van der Waals surface area contributed by atoms with Gasteiger partial charge in [-0.15, -0.1) is 0 Å². The highest BCUT2D eigenvalue weighted by atomic mass is 19.1. The third-order valence-electron chi connectivity index (χ3n) is 2.44. The highest BCUT2D eigenvalue weighted by molar-refractivity contribution is 5.68. The van der Waals surface area contributed by atoms with Crippen LogP contribution in [0.4, 0.5) is 4.39 Å². The predicted molar refractivity (Wildman–Crippen MR) is 55.0 cm³/mol. The molecular weight excluding hydrogens is 231 g/mol. The van der Waals surface area contributed by atoms with Gasteiger partial charge in [0.2, 0.25) is 0 Å². The summed E-state index contributed by atoms with van der Waals surface area (Å²) in [6.07, 6.45) is -0.225. The van der Waals surface area contributed by atoms with E-state index in [0.717, 1.165) is 6.07 Å². The van der Waals surface area contributed by atoms with Crippen molar-refractivity contribution in [3.05, 3.63) is 17.4 Å². The van der Waals surface area contributed by atoms with Gasteiger partial charge in [0.1, 0.15) is 13.2 Å². The molecule has 1 aliphatic heterocycles. The van der Waals surface area contributed by atoms with Crippen molar-refractivity contribution >= 4 is 5.97 Å². The summed E-state index contributed by atoms with van der Waals surface area (Å²) in [5, 5.41) is 18.2. The van der Waals surface area contributed by atoms with Crippen molar-refractivity contribution < 1.29 is 28.9 Å². The monoisotopic (exact) mass is 242 g/mol. The number of carboxylic acid groups (broad SMARTS) is 1. The van der Waals surface area contributed by atoms with Crippen LogP contribution in [0, 0.1) is 5.82 Å². The minimum absolute atomic E-state index is 0.00931. The van der Waals surface area contributed by atoms with E-state index in [9.17, 15) is 14.3 Å². The number of carbonyl (C=O) groups is 1. The Balaban J connectivity index is 2.39. The Kier molecular flexibility index (Phi) is 3.03. The zero-order valence-corrected chi connectivity index (χ0v) is 8.90. The van der Waals surface area contributed by atoms with Gasteiger partial charge in [0.15, 0.2) is 23.1 Å². The van der Waals surface area contributed by atoms with Gasteiger partial charge in [-0.1, -0.05) is 0 Å². The number of hydrogen-bond donors (Lipinski definition) is 2. The predicted octanol–water partition coefficient (Wildman–Crippen LogP) is 1.32. The van der Waals surface area contributed by atoms with Crippen LogP contribution in [0.15, 0.2) is 6.07 Å². The molecule has 2 N–H and O–H groups in total. The molecule has 2 rings (SSSR count). The van der Waals surface area contributed by atoms with Gasteiger partial charge in [0, 0.05) is 18.1 Å². The summed E-state index contributed by atoms with van der Waals surface area (Å²) < 4.78 is 23.8. The molecule has 0 atom stereocenters. The Bertz CT molecular complexity index is 458. The molecule has 0 aromatic heterocycles. The van der Waals surface area contributed by atoms with Crippen LogP contribution in [0.5, 0.6) is 17.2 Å². The molecule has 17 heavy (non-hydrogen) atoms. The van der Waals surface area contributed by atoms with Gasteiger partial charge < -0.3 is 19.7 Å². The van der Waals surface area contributed by atoms with Crippen molar-refractivity contribution in [2.75, 3.05) is 13.2 Å². The third-order valence-corrected chi connectivity index (χ3v) is 2.44. The van der Waals surface area contributed by atoms with Crippen LogP contribution >= 0.6 is 0 Å². The molecule has 0 saturated heterocycles. The molecule has 0 bridgehead atoms. The van der Waals surface area contributed by atoms with Crippen LogP contribution in [0.3, 0.4) is 0 Å². The van der Waals surface area contributed by atoms with Gasteiger partial charge >= 0.3 is 5.97 Å². The average Bonchev–Trinajstić information content (AvgIpc) is 2.29. The molecule has 0 amide bonds. The van der Waals surface area contributed by atoms with Crippen molar-refractivity contribution in [3.8, 4) is 17.2 Å². The molecule has 0 saturated carbocycles. The summed E-state index contributed by atoms with van der Waals surface area (Å²) >= 11 is 0. The average molecular weight is 242 g/mol. The minimum atomic E-state index is -1.03. The van der Waals surface area contributed by atoms with Gasteiger partial charge in [0.25, 0.3) is 0 Å². The van der Waals surface area contributed by atoms with Crippen LogP contribution in [-0.4, -0.2) is 29.4 Å². The lowest BCUT2D eigenvalue weighted by Gasteiger charge is -2.21. The molecule has 1 heterocycles. The maximum absolute atomic E-state index is 13.4. The van der Waals surface area contributed by atoms with E-state index >= 15 is 0 Å². The van der Waals surface area contributed by atoms with E-state index in [1.54, 1.807) is 0 Å². The molecular formula is C11H11FO5. The fourth-order valence-electron chi connectivity index (χ4n) is 1.67. The van der Waals surface area contributed by atoms with Crippen LogP contribution in [-0.2, 0) is 11.2 Å². The second-order valence-corrected chi connectivity index (χ2v) is 3.60. The van der Waals surface area contributed by atoms with Gasteiger partial charge in [-0.3, -0.25) is 4.79 Å². The summed E-state index contributed by atoms with van der Waals surface area (Å²) in [6, 6.07) is 1.04. The van der Waals surface area contributed by atoms with E-state index in [4.69, 9.17) is 14.6 Å². The molecule has 0 unspecified atom stereocenters. The zero-order chi connectivity index (χ0) is 12.4. The van der Waals surface area contributed by atoms with Crippen molar-refractivity contribution in [3.63, 3.8) is 0 Å². The number of fused-ring (bicyclic) bond motifs is 1. The van der Waals surface area contributed by atoms with E-state index in [-0.39, 0.29) is 36.5 Å². The molecule has 0 radical (unpaired) electrons. The lowest BCUT2D eigenvalue weighted by molar-refractivity contribution is -0.136. The number of halogens is 1. The first-order valence-electron chi connectivity index (χ1n) is 5.11. The molecule has 0 fully saturated rings. The fraction of sp³-hybridized carbons (Fsp3) is 0.364. The number of ether oxygens (including phenoxy) is 2. The molecule has 1 aromatic rings.